The number of carbonyl (C=O) groups is 1. The summed E-state index contributed by atoms with van der Waals surface area (Å²) in [5.41, 5.74) is 0. The van der Waals surface area contributed by atoms with Crippen molar-refractivity contribution in [3.8, 4) is 0 Å². The molecule has 0 bridgehead atoms. The zero-order valence-corrected chi connectivity index (χ0v) is 10.5. The van der Waals surface area contributed by atoms with Crippen molar-refractivity contribution in [2.45, 2.75) is 31.7 Å². The van der Waals surface area contributed by atoms with Gasteiger partial charge in [-0.15, -0.1) is 0 Å². The molecule has 1 unspecified atom stereocenters. The largest absolute Gasteiger partial charge is 0.469 e. The van der Waals surface area contributed by atoms with Gasteiger partial charge in [-0.3, -0.25) is 9.69 Å². The van der Waals surface area contributed by atoms with Crippen molar-refractivity contribution >= 4 is 5.97 Å². The fourth-order valence-corrected chi connectivity index (χ4v) is 2.36. The quantitative estimate of drug-likeness (QED) is 0.742. The van der Waals surface area contributed by atoms with Crippen molar-refractivity contribution in [2.24, 2.45) is 5.92 Å². The van der Waals surface area contributed by atoms with Crippen molar-refractivity contribution in [1.82, 2.24) is 15.0 Å². The first-order valence-corrected chi connectivity index (χ1v) is 6.39. The highest BCUT2D eigenvalue weighted by Crippen LogP contribution is 2.38. The topological polar surface area (TPSA) is 68.5 Å². The second-order valence-corrected chi connectivity index (χ2v) is 5.07. The Bertz CT molecular complexity index is 442. The van der Waals surface area contributed by atoms with Gasteiger partial charge in [-0.2, -0.15) is 4.98 Å². The van der Waals surface area contributed by atoms with Crippen LogP contribution in [-0.2, 0) is 16.1 Å². The van der Waals surface area contributed by atoms with E-state index in [4.69, 9.17) is 9.26 Å². The molecule has 0 amide bonds. The molecule has 6 nitrogen and oxygen atoms in total. The molecule has 1 saturated carbocycles. The summed E-state index contributed by atoms with van der Waals surface area (Å²) < 4.78 is 9.98. The molecule has 2 fully saturated rings. The van der Waals surface area contributed by atoms with Crippen LogP contribution in [0.15, 0.2) is 4.52 Å². The fourth-order valence-electron chi connectivity index (χ4n) is 2.36. The summed E-state index contributed by atoms with van der Waals surface area (Å²) in [5.74, 6) is 1.86. The van der Waals surface area contributed by atoms with Crippen LogP contribution >= 0.6 is 0 Å². The molecule has 1 aromatic rings. The van der Waals surface area contributed by atoms with E-state index < -0.39 is 0 Å². The maximum absolute atomic E-state index is 11.4. The lowest BCUT2D eigenvalue weighted by Gasteiger charge is -2.12. The third kappa shape index (κ3) is 2.38. The number of aromatic nitrogens is 2. The Hall–Kier alpha value is -1.43. The lowest BCUT2D eigenvalue weighted by molar-refractivity contribution is -0.144. The molecule has 1 saturated heterocycles. The van der Waals surface area contributed by atoms with E-state index in [1.165, 1.54) is 7.11 Å². The molecule has 0 radical (unpaired) electrons. The smallest absolute Gasteiger partial charge is 0.310 e. The first kappa shape index (κ1) is 11.6. The number of ether oxygens (including phenoxy) is 1. The highest BCUT2D eigenvalue weighted by atomic mass is 16.5. The van der Waals surface area contributed by atoms with Crippen molar-refractivity contribution < 1.29 is 14.1 Å². The van der Waals surface area contributed by atoms with Gasteiger partial charge in [-0.05, 0) is 25.8 Å². The second kappa shape index (κ2) is 4.68. The van der Waals surface area contributed by atoms with Crippen LogP contribution in [0.2, 0.25) is 0 Å². The van der Waals surface area contributed by atoms with Crippen LogP contribution in [0.5, 0.6) is 0 Å². The van der Waals surface area contributed by atoms with Crippen molar-refractivity contribution in [3.63, 3.8) is 0 Å². The van der Waals surface area contributed by atoms with Crippen molar-refractivity contribution in [2.75, 3.05) is 20.2 Å². The first-order valence-electron chi connectivity index (χ1n) is 6.39. The molecule has 0 spiro atoms. The summed E-state index contributed by atoms with van der Waals surface area (Å²) in [6, 6.07) is 0. The van der Waals surface area contributed by atoms with E-state index in [0.29, 0.717) is 12.5 Å². The average Bonchev–Trinajstić information content (AvgIpc) is 2.96. The van der Waals surface area contributed by atoms with Gasteiger partial charge in [0.1, 0.15) is 0 Å². The van der Waals surface area contributed by atoms with E-state index in [1.54, 1.807) is 0 Å². The number of rotatable bonds is 4. The maximum Gasteiger partial charge on any atom is 0.310 e. The number of nitrogens with zero attached hydrogens (tertiary/aromatic N) is 3. The predicted molar refractivity (Wildman–Crippen MR) is 61.7 cm³/mol. The monoisotopic (exact) mass is 251 g/mol. The molecular weight excluding hydrogens is 234 g/mol. The first-order chi connectivity index (χ1) is 8.76. The summed E-state index contributed by atoms with van der Waals surface area (Å²) in [7, 11) is 1.44. The fraction of sp³-hybridized carbons (Fsp3) is 0.750. The van der Waals surface area contributed by atoms with Crippen LogP contribution in [-0.4, -0.2) is 41.2 Å². The van der Waals surface area contributed by atoms with Gasteiger partial charge in [0.25, 0.3) is 0 Å². The van der Waals surface area contributed by atoms with Crippen molar-refractivity contribution in [1.29, 1.82) is 0 Å². The van der Waals surface area contributed by atoms with Gasteiger partial charge in [0.2, 0.25) is 5.89 Å². The number of esters is 1. The highest BCUT2D eigenvalue weighted by Gasteiger charge is 2.32. The predicted octanol–water partition coefficient (Wildman–Crippen LogP) is 0.942. The Balaban J connectivity index is 1.55. The summed E-state index contributed by atoms with van der Waals surface area (Å²) in [5, 5.41) is 3.99. The van der Waals surface area contributed by atoms with Gasteiger partial charge >= 0.3 is 5.97 Å². The van der Waals surface area contributed by atoms with Gasteiger partial charge in [0.05, 0.1) is 19.6 Å². The van der Waals surface area contributed by atoms with Crippen LogP contribution in [0.4, 0.5) is 0 Å². The van der Waals surface area contributed by atoms with Gasteiger partial charge in [-0.25, -0.2) is 0 Å². The van der Waals surface area contributed by atoms with Crippen LogP contribution in [0.25, 0.3) is 0 Å². The molecule has 18 heavy (non-hydrogen) atoms. The molecule has 1 atom stereocenters. The average molecular weight is 251 g/mol. The van der Waals surface area contributed by atoms with Gasteiger partial charge < -0.3 is 9.26 Å². The SMILES string of the molecule is COC(=O)C1CCN(Cc2noc(C3CC3)n2)C1. The molecule has 98 valence electrons. The zero-order chi connectivity index (χ0) is 12.5. The lowest BCUT2D eigenvalue weighted by Crippen LogP contribution is -2.24. The molecular formula is C12H17N3O3. The van der Waals surface area contributed by atoms with E-state index in [9.17, 15) is 4.79 Å². The second-order valence-electron chi connectivity index (χ2n) is 5.07. The minimum absolute atomic E-state index is 0.00944. The van der Waals surface area contributed by atoms with E-state index in [1.807, 2.05) is 0 Å². The van der Waals surface area contributed by atoms with Gasteiger partial charge in [0.15, 0.2) is 5.82 Å². The molecule has 2 aliphatic rings. The number of hydrogen-bond donors (Lipinski definition) is 0. The van der Waals surface area contributed by atoms with E-state index in [-0.39, 0.29) is 11.9 Å². The molecule has 2 heterocycles. The van der Waals surface area contributed by atoms with E-state index in [0.717, 1.165) is 44.1 Å². The number of hydrogen-bond acceptors (Lipinski definition) is 6. The third-order valence-electron chi connectivity index (χ3n) is 3.58. The Morgan fingerprint density at radius 3 is 3.06 bits per heavy atom. The molecule has 1 aliphatic heterocycles. The lowest BCUT2D eigenvalue weighted by atomic mass is 10.1. The molecule has 3 rings (SSSR count). The molecule has 6 heteroatoms. The van der Waals surface area contributed by atoms with Crippen molar-refractivity contribution in [3.05, 3.63) is 11.7 Å². The van der Waals surface area contributed by atoms with E-state index in [2.05, 4.69) is 15.0 Å². The number of methoxy groups -OCH3 is 1. The minimum atomic E-state index is -0.121. The third-order valence-corrected chi connectivity index (χ3v) is 3.58. The molecule has 1 aliphatic carbocycles. The Morgan fingerprint density at radius 2 is 2.33 bits per heavy atom. The Kier molecular flexibility index (Phi) is 3.03. The molecule has 1 aromatic heterocycles. The Morgan fingerprint density at radius 1 is 1.50 bits per heavy atom. The summed E-state index contributed by atoms with van der Waals surface area (Å²) in [4.78, 5) is 18.0. The van der Waals surface area contributed by atoms with E-state index >= 15 is 0 Å². The number of likely N-dealkylation sites (tertiary alicyclic amines) is 1. The van der Waals surface area contributed by atoms with Gasteiger partial charge in [-0.1, -0.05) is 5.16 Å². The van der Waals surface area contributed by atoms with Crippen LogP contribution in [0.3, 0.4) is 0 Å². The summed E-state index contributed by atoms with van der Waals surface area (Å²) in [6.07, 6.45) is 3.17. The summed E-state index contributed by atoms with van der Waals surface area (Å²) >= 11 is 0. The molecule has 0 aromatic carbocycles. The Labute approximate surface area is 105 Å². The minimum Gasteiger partial charge on any atom is -0.469 e. The van der Waals surface area contributed by atoms with Gasteiger partial charge in [0, 0.05) is 12.5 Å². The van der Waals surface area contributed by atoms with Crippen LogP contribution in [0, 0.1) is 5.92 Å². The highest BCUT2D eigenvalue weighted by molar-refractivity contribution is 5.72. The standard InChI is InChI=1S/C12H17N3O3/c1-17-12(16)9-4-5-15(6-9)7-10-13-11(18-14-10)8-2-3-8/h8-9H,2-7H2,1H3. The molecule has 0 N–H and O–H groups in total. The number of carbonyl (C=O) groups excluding carboxylic acids is 1. The maximum atomic E-state index is 11.4. The zero-order valence-electron chi connectivity index (χ0n) is 10.5. The normalized spacial score (nSPS) is 24.4. The summed E-state index contributed by atoms with van der Waals surface area (Å²) in [6.45, 7) is 2.26. The van der Waals surface area contributed by atoms with Crippen LogP contribution < -0.4 is 0 Å². The van der Waals surface area contributed by atoms with Crippen LogP contribution in [0.1, 0.15) is 36.9 Å².